The standard InChI is InChI=1S/C13H13N3S/c1-14-12(16(2)3)13-15-11(9-17-13)10-7-5-4-6-8-10/h4-9,12H,2-3H3. The lowest BCUT2D eigenvalue weighted by Crippen LogP contribution is -2.16. The van der Waals surface area contributed by atoms with Crippen LogP contribution in [0.2, 0.25) is 0 Å². The summed E-state index contributed by atoms with van der Waals surface area (Å²) < 4.78 is 0. The molecule has 0 amide bonds. The Balaban J connectivity index is 2.31. The molecular weight excluding hydrogens is 230 g/mol. The van der Waals surface area contributed by atoms with Crippen molar-refractivity contribution in [1.29, 1.82) is 0 Å². The molecule has 1 aromatic carbocycles. The summed E-state index contributed by atoms with van der Waals surface area (Å²) in [4.78, 5) is 10.0. The number of hydrogen-bond acceptors (Lipinski definition) is 3. The van der Waals surface area contributed by atoms with Crippen LogP contribution in [0.3, 0.4) is 0 Å². The lowest BCUT2D eigenvalue weighted by atomic mass is 10.2. The zero-order valence-corrected chi connectivity index (χ0v) is 10.6. The van der Waals surface area contributed by atoms with E-state index in [0.717, 1.165) is 16.3 Å². The molecule has 2 rings (SSSR count). The Morgan fingerprint density at radius 2 is 2.00 bits per heavy atom. The smallest absolute Gasteiger partial charge is 0.288 e. The summed E-state index contributed by atoms with van der Waals surface area (Å²) in [6.07, 6.45) is -0.280. The first-order valence-electron chi connectivity index (χ1n) is 5.26. The van der Waals surface area contributed by atoms with Gasteiger partial charge in [-0.05, 0) is 14.1 Å². The van der Waals surface area contributed by atoms with Crippen LogP contribution in [0, 0.1) is 6.57 Å². The van der Waals surface area contributed by atoms with Crippen LogP contribution in [0.4, 0.5) is 0 Å². The van der Waals surface area contributed by atoms with Gasteiger partial charge in [-0.3, -0.25) is 4.85 Å². The Morgan fingerprint density at radius 1 is 1.29 bits per heavy atom. The molecule has 0 N–H and O–H groups in total. The molecule has 1 atom stereocenters. The normalized spacial score (nSPS) is 12.4. The van der Waals surface area contributed by atoms with Crippen molar-refractivity contribution in [3.8, 4) is 11.3 Å². The first kappa shape index (κ1) is 11.8. The van der Waals surface area contributed by atoms with Crippen molar-refractivity contribution in [1.82, 2.24) is 9.88 Å². The van der Waals surface area contributed by atoms with Gasteiger partial charge in [-0.1, -0.05) is 30.3 Å². The summed E-state index contributed by atoms with van der Waals surface area (Å²) in [5.41, 5.74) is 2.04. The number of benzene rings is 1. The average Bonchev–Trinajstić information content (AvgIpc) is 2.80. The Kier molecular flexibility index (Phi) is 3.52. The van der Waals surface area contributed by atoms with E-state index < -0.39 is 0 Å². The number of thiazole rings is 1. The van der Waals surface area contributed by atoms with Gasteiger partial charge in [-0.15, -0.1) is 11.3 Å². The maximum absolute atomic E-state index is 7.19. The van der Waals surface area contributed by atoms with E-state index in [1.807, 2.05) is 54.7 Å². The van der Waals surface area contributed by atoms with Gasteiger partial charge in [0.05, 0.1) is 5.69 Å². The van der Waals surface area contributed by atoms with Crippen molar-refractivity contribution < 1.29 is 0 Å². The lowest BCUT2D eigenvalue weighted by molar-refractivity contribution is 0.348. The van der Waals surface area contributed by atoms with Crippen molar-refractivity contribution in [3.63, 3.8) is 0 Å². The molecule has 0 aliphatic heterocycles. The van der Waals surface area contributed by atoms with E-state index in [1.165, 1.54) is 11.3 Å². The van der Waals surface area contributed by atoms with Crippen LogP contribution in [-0.2, 0) is 0 Å². The number of aromatic nitrogens is 1. The van der Waals surface area contributed by atoms with Gasteiger partial charge in [0.2, 0.25) is 0 Å². The molecule has 2 aromatic rings. The fourth-order valence-corrected chi connectivity index (χ4v) is 2.50. The van der Waals surface area contributed by atoms with Crippen molar-refractivity contribution in [3.05, 3.63) is 52.1 Å². The predicted molar refractivity (Wildman–Crippen MR) is 70.6 cm³/mol. The summed E-state index contributed by atoms with van der Waals surface area (Å²) in [5.74, 6) is 0. The summed E-state index contributed by atoms with van der Waals surface area (Å²) in [6.45, 7) is 7.19. The molecule has 1 unspecified atom stereocenters. The van der Waals surface area contributed by atoms with Crippen molar-refractivity contribution >= 4 is 11.3 Å². The minimum absolute atomic E-state index is 0.280. The van der Waals surface area contributed by atoms with E-state index in [1.54, 1.807) is 0 Å². The molecule has 0 saturated carbocycles. The van der Waals surface area contributed by atoms with Gasteiger partial charge in [0.25, 0.3) is 0 Å². The highest BCUT2D eigenvalue weighted by atomic mass is 32.1. The molecule has 0 spiro atoms. The van der Waals surface area contributed by atoms with E-state index in [0.29, 0.717) is 0 Å². The van der Waals surface area contributed by atoms with Gasteiger partial charge in [0, 0.05) is 10.9 Å². The highest BCUT2D eigenvalue weighted by molar-refractivity contribution is 7.10. The zero-order valence-electron chi connectivity index (χ0n) is 9.79. The molecular formula is C13H13N3S. The molecule has 0 radical (unpaired) electrons. The molecule has 0 fully saturated rings. The Labute approximate surface area is 105 Å². The molecule has 4 heteroatoms. The van der Waals surface area contributed by atoms with Gasteiger partial charge in [0.1, 0.15) is 0 Å². The third-order valence-corrected chi connectivity index (χ3v) is 3.31. The van der Waals surface area contributed by atoms with Gasteiger partial charge in [-0.2, -0.15) is 0 Å². The van der Waals surface area contributed by atoms with Gasteiger partial charge in [0.15, 0.2) is 5.01 Å². The second-order valence-electron chi connectivity index (χ2n) is 3.90. The molecule has 0 aliphatic carbocycles. The minimum atomic E-state index is -0.280. The topological polar surface area (TPSA) is 20.5 Å². The van der Waals surface area contributed by atoms with Crippen molar-refractivity contribution in [2.24, 2.45) is 0 Å². The quantitative estimate of drug-likeness (QED) is 0.771. The molecule has 0 bridgehead atoms. The second kappa shape index (κ2) is 5.09. The van der Waals surface area contributed by atoms with Gasteiger partial charge < -0.3 is 0 Å². The minimum Gasteiger partial charge on any atom is -0.288 e. The fourth-order valence-electron chi connectivity index (χ4n) is 1.54. The maximum atomic E-state index is 7.19. The Bertz CT molecular complexity index is 525. The van der Waals surface area contributed by atoms with Crippen LogP contribution in [-0.4, -0.2) is 24.0 Å². The summed E-state index contributed by atoms with van der Waals surface area (Å²) in [5, 5.41) is 2.86. The van der Waals surface area contributed by atoms with E-state index in [4.69, 9.17) is 6.57 Å². The first-order valence-corrected chi connectivity index (χ1v) is 6.14. The molecule has 86 valence electrons. The third-order valence-electron chi connectivity index (χ3n) is 2.42. The summed E-state index contributed by atoms with van der Waals surface area (Å²) >= 11 is 1.54. The van der Waals surface area contributed by atoms with E-state index >= 15 is 0 Å². The highest BCUT2D eigenvalue weighted by Crippen LogP contribution is 2.28. The Hall–Kier alpha value is -1.70. The number of nitrogens with zero attached hydrogens (tertiary/aromatic N) is 3. The van der Waals surface area contributed by atoms with E-state index in [9.17, 15) is 0 Å². The van der Waals surface area contributed by atoms with Crippen LogP contribution >= 0.6 is 11.3 Å². The fraction of sp³-hybridized carbons (Fsp3) is 0.231. The molecule has 3 nitrogen and oxygen atoms in total. The molecule has 17 heavy (non-hydrogen) atoms. The molecule has 1 aromatic heterocycles. The number of hydrogen-bond donors (Lipinski definition) is 0. The van der Waals surface area contributed by atoms with Crippen molar-refractivity contribution in [2.75, 3.05) is 14.1 Å². The van der Waals surface area contributed by atoms with E-state index in [-0.39, 0.29) is 6.17 Å². The third kappa shape index (κ3) is 2.52. The van der Waals surface area contributed by atoms with Gasteiger partial charge in [-0.25, -0.2) is 16.5 Å². The largest absolute Gasteiger partial charge is 0.331 e. The second-order valence-corrected chi connectivity index (χ2v) is 4.79. The van der Waals surface area contributed by atoms with Crippen LogP contribution in [0.1, 0.15) is 11.2 Å². The molecule has 0 aliphatic rings. The van der Waals surface area contributed by atoms with Crippen LogP contribution in [0.15, 0.2) is 35.7 Å². The van der Waals surface area contributed by atoms with Crippen LogP contribution in [0.25, 0.3) is 16.1 Å². The predicted octanol–water partition coefficient (Wildman–Crippen LogP) is 3.29. The Morgan fingerprint density at radius 3 is 2.59 bits per heavy atom. The van der Waals surface area contributed by atoms with Crippen molar-refractivity contribution in [2.45, 2.75) is 6.17 Å². The van der Waals surface area contributed by atoms with Gasteiger partial charge >= 0.3 is 6.17 Å². The summed E-state index contributed by atoms with van der Waals surface area (Å²) in [7, 11) is 3.79. The van der Waals surface area contributed by atoms with Crippen LogP contribution < -0.4 is 0 Å². The number of rotatable bonds is 3. The maximum Gasteiger partial charge on any atom is 0.331 e. The molecule has 0 saturated heterocycles. The van der Waals surface area contributed by atoms with Crippen LogP contribution in [0.5, 0.6) is 0 Å². The monoisotopic (exact) mass is 243 g/mol. The molecule has 1 heterocycles. The zero-order chi connectivity index (χ0) is 12.3. The summed E-state index contributed by atoms with van der Waals surface area (Å²) in [6, 6.07) is 10.0. The first-order chi connectivity index (χ1) is 8.22. The SMILES string of the molecule is [C-]#[N+]C(c1nc(-c2ccccc2)cs1)N(C)C. The van der Waals surface area contributed by atoms with E-state index in [2.05, 4.69) is 9.83 Å². The highest BCUT2D eigenvalue weighted by Gasteiger charge is 2.22. The lowest BCUT2D eigenvalue weighted by Gasteiger charge is -2.09. The average molecular weight is 243 g/mol.